The lowest BCUT2D eigenvalue weighted by Gasteiger charge is -2.12. The third-order valence-corrected chi connectivity index (χ3v) is 2.76. The minimum atomic E-state index is -4.40. The third kappa shape index (κ3) is 2.47. The molecule has 19 heavy (non-hydrogen) atoms. The summed E-state index contributed by atoms with van der Waals surface area (Å²) < 4.78 is 39.3. The van der Waals surface area contributed by atoms with Crippen LogP contribution in [-0.2, 0) is 13.6 Å². The van der Waals surface area contributed by atoms with Gasteiger partial charge in [0.15, 0.2) is 5.65 Å². The summed E-state index contributed by atoms with van der Waals surface area (Å²) >= 11 is 0. The maximum Gasteiger partial charge on any atom is 0.408 e. The Hall–Kier alpha value is -1.86. The van der Waals surface area contributed by atoms with Gasteiger partial charge in [-0.2, -0.15) is 18.3 Å². The van der Waals surface area contributed by atoms with Crippen LogP contribution in [-0.4, -0.2) is 25.5 Å². The van der Waals surface area contributed by atoms with Crippen LogP contribution in [0.3, 0.4) is 0 Å². The zero-order valence-corrected chi connectivity index (χ0v) is 10.7. The lowest BCUT2D eigenvalue weighted by atomic mass is 10.2. The van der Waals surface area contributed by atoms with Gasteiger partial charge in [0.25, 0.3) is 5.56 Å². The second-order valence-electron chi connectivity index (χ2n) is 4.64. The predicted octanol–water partition coefficient (Wildman–Crippen LogP) is 1.82. The average molecular weight is 274 g/mol. The molecule has 2 aromatic rings. The maximum atomic E-state index is 12.4. The van der Waals surface area contributed by atoms with Crippen molar-refractivity contribution in [2.75, 3.05) is 0 Å². The molecule has 0 saturated heterocycles. The van der Waals surface area contributed by atoms with Crippen molar-refractivity contribution < 1.29 is 13.2 Å². The van der Waals surface area contributed by atoms with Crippen LogP contribution in [0, 0.1) is 0 Å². The van der Waals surface area contributed by atoms with Crippen molar-refractivity contribution in [1.29, 1.82) is 0 Å². The van der Waals surface area contributed by atoms with Crippen molar-refractivity contribution in [2.24, 2.45) is 7.05 Å². The highest BCUT2D eigenvalue weighted by molar-refractivity contribution is 5.73. The molecular weight excluding hydrogens is 261 g/mol. The van der Waals surface area contributed by atoms with E-state index in [1.807, 2.05) is 13.8 Å². The van der Waals surface area contributed by atoms with Crippen LogP contribution in [0.4, 0.5) is 13.2 Å². The van der Waals surface area contributed by atoms with Gasteiger partial charge < -0.3 is 0 Å². The zero-order chi connectivity index (χ0) is 14.4. The van der Waals surface area contributed by atoms with E-state index in [1.54, 1.807) is 7.05 Å². The van der Waals surface area contributed by atoms with E-state index in [4.69, 9.17) is 0 Å². The number of aromatic nitrogens is 4. The average Bonchev–Trinajstić information content (AvgIpc) is 2.64. The number of fused-ring (bicyclic) bond motifs is 1. The van der Waals surface area contributed by atoms with Gasteiger partial charge in [0.05, 0.1) is 6.20 Å². The van der Waals surface area contributed by atoms with Gasteiger partial charge in [-0.05, 0) is 0 Å². The van der Waals surface area contributed by atoms with E-state index in [0.717, 1.165) is 6.20 Å². The fourth-order valence-electron chi connectivity index (χ4n) is 1.92. The van der Waals surface area contributed by atoms with Crippen LogP contribution in [0.5, 0.6) is 0 Å². The quantitative estimate of drug-likeness (QED) is 0.839. The molecule has 2 aromatic heterocycles. The highest BCUT2D eigenvalue weighted by Crippen LogP contribution is 2.20. The van der Waals surface area contributed by atoms with Crippen molar-refractivity contribution in [3.63, 3.8) is 0 Å². The summed E-state index contributed by atoms with van der Waals surface area (Å²) in [5.74, 6) is 0.359. The van der Waals surface area contributed by atoms with Crippen LogP contribution >= 0.6 is 0 Å². The van der Waals surface area contributed by atoms with Crippen molar-refractivity contribution in [2.45, 2.75) is 32.5 Å². The monoisotopic (exact) mass is 274 g/mol. The molecule has 0 fully saturated rings. The van der Waals surface area contributed by atoms with Crippen LogP contribution < -0.4 is 5.56 Å². The molecule has 0 aliphatic carbocycles. The fraction of sp³-hybridized carbons (Fsp3) is 0.545. The van der Waals surface area contributed by atoms with Gasteiger partial charge >= 0.3 is 6.18 Å². The summed E-state index contributed by atoms with van der Waals surface area (Å²) in [5, 5.41) is 3.70. The normalized spacial score (nSPS) is 12.6. The van der Waals surface area contributed by atoms with E-state index in [2.05, 4.69) is 10.1 Å². The molecule has 104 valence electrons. The van der Waals surface area contributed by atoms with Crippen molar-refractivity contribution >= 4 is 11.0 Å². The molecule has 0 aliphatic heterocycles. The van der Waals surface area contributed by atoms with Crippen LogP contribution in [0.15, 0.2) is 11.0 Å². The number of rotatable bonds is 2. The Kier molecular flexibility index (Phi) is 3.11. The molecular formula is C11H13F3N4O. The summed E-state index contributed by atoms with van der Waals surface area (Å²) in [6.07, 6.45) is -3.28. The number of alkyl halides is 3. The van der Waals surface area contributed by atoms with Crippen LogP contribution in [0.1, 0.15) is 25.6 Å². The first kappa shape index (κ1) is 13.6. The van der Waals surface area contributed by atoms with Gasteiger partial charge in [0, 0.05) is 13.0 Å². The number of hydrogen-bond donors (Lipinski definition) is 0. The van der Waals surface area contributed by atoms with Gasteiger partial charge in [-0.1, -0.05) is 13.8 Å². The first-order valence-corrected chi connectivity index (χ1v) is 5.70. The standard InChI is InChI=1S/C11H13F3N4O/c1-6(2)8-16-9-7(10(19)17(8)3)4-15-18(9)5-11(12,13)14/h4,6H,5H2,1-3H3. The van der Waals surface area contributed by atoms with Gasteiger partial charge in [-0.25, -0.2) is 9.67 Å². The summed E-state index contributed by atoms with van der Waals surface area (Å²) in [7, 11) is 1.55. The molecule has 8 heteroatoms. The van der Waals surface area contributed by atoms with E-state index < -0.39 is 12.7 Å². The molecule has 0 aliphatic rings. The summed E-state index contributed by atoms with van der Waals surface area (Å²) in [6, 6.07) is 0. The Balaban J connectivity index is 2.69. The lowest BCUT2D eigenvalue weighted by molar-refractivity contribution is -0.141. The fourth-order valence-corrected chi connectivity index (χ4v) is 1.92. The molecule has 0 N–H and O–H groups in total. The van der Waals surface area contributed by atoms with Crippen molar-refractivity contribution in [3.8, 4) is 0 Å². The number of halogens is 3. The van der Waals surface area contributed by atoms with Gasteiger partial charge in [-0.15, -0.1) is 0 Å². The first-order chi connectivity index (χ1) is 8.70. The van der Waals surface area contributed by atoms with Crippen LogP contribution in [0.25, 0.3) is 11.0 Å². The van der Waals surface area contributed by atoms with E-state index in [-0.39, 0.29) is 22.5 Å². The molecule has 0 atom stereocenters. The first-order valence-electron chi connectivity index (χ1n) is 5.70. The summed E-state index contributed by atoms with van der Waals surface area (Å²) in [6.45, 7) is 2.38. The Morgan fingerprint density at radius 2 is 2.00 bits per heavy atom. The van der Waals surface area contributed by atoms with E-state index in [9.17, 15) is 18.0 Å². The predicted molar refractivity (Wildman–Crippen MR) is 62.9 cm³/mol. The molecule has 5 nitrogen and oxygen atoms in total. The minimum Gasteiger partial charge on any atom is -0.299 e. The highest BCUT2D eigenvalue weighted by Gasteiger charge is 2.30. The molecule has 0 saturated carbocycles. The topological polar surface area (TPSA) is 52.7 Å². The molecule has 0 spiro atoms. The zero-order valence-electron chi connectivity index (χ0n) is 10.7. The molecule has 0 aromatic carbocycles. The molecule has 0 bridgehead atoms. The SMILES string of the molecule is CC(C)c1nc2c(cnn2CC(F)(F)F)c(=O)n1C. The molecule has 0 radical (unpaired) electrons. The van der Waals surface area contributed by atoms with Crippen LogP contribution in [0.2, 0.25) is 0 Å². The van der Waals surface area contributed by atoms with Crippen molar-refractivity contribution in [1.82, 2.24) is 19.3 Å². The van der Waals surface area contributed by atoms with Gasteiger partial charge in [0.1, 0.15) is 17.8 Å². The largest absolute Gasteiger partial charge is 0.408 e. The Morgan fingerprint density at radius 3 is 2.53 bits per heavy atom. The van der Waals surface area contributed by atoms with E-state index >= 15 is 0 Å². The second-order valence-corrected chi connectivity index (χ2v) is 4.64. The summed E-state index contributed by atoms with van der Waals surface area (Å²) in [4.78, 5) is 16.2. The Labute approximate surface area is 106 Å². The molecule has 2 rings (SSSR count). The Morgan fingerprint density at radius 1 is 1.37 bits per heavy atom. The molecule has 0 amide bonds. The number of nitrogens with zero attached hydrogens (tertiary/aromatic N) is 4. The Bertz CT molecular complexity index is 669. The number of hydrogen-bond acceptors (Lipinski definition) is 3. The van der Waals surface area contributed by atoms with E-state index in [0.29, 0.717) is 10.5 Å². The second kappa shape index (κ2) is 4.36. The lowest BCUT2D eigenvalue weighted by Crippen LogP contribution is -2.24. The smallest absolute Gasteiger partial charge is 0.299 e. The highest BCUT2D eigenvalue weighted by atomic mass is 19.4. The minimum absolute atomic E-state index is 0.0240. The van der Waals surface area contributed by atoms with E-state index in [1.165, 1.54) is 4.57 Å². The van der Waals surface area contributed by atoms with Gasteiger partial charge in [-0.3, -0.25) is 9.36 Å². The van der Waals surface area contributed by atoms with Gasteiger partial charge in [0.2, 0.25) is 0 Å². The molecule has 0 unspecified atom stereocenters. The van der Waals surface area contributed by atoms with Crippen molar-refractivity contribution in [3.05, 3.63) is 22.4 Å². The maximum absolute atomic E-state index is 12.4. The summed E-state index contributed by atoms with van der Waals surface area (Å²) in [5.41, 5.74) is -0.411. The molecule has 2 heterocycles. The third-order valence-electron chi connectivity index (χ3n) is 2.76.